The number of aliphatic hydroxyl groups is 1. The van der Waals surface area contributed by atoms with Crippen molar-refractivity contribution in [1.82, 2.24) is 4.31 Å². The molecule has 4 aromatic rings. The lowest BCUT2D eigenvalue weighted by Crippen LogP contribution is -2.43. The third-order valence-corrected chi connectivity index (χ3v) is 11.0. The van der Waals surface area contributed by atoms with Crippen molar-refractivity contribution in [2.45, 2.75) is 47.1 Å². The number of phenolic OH excluding ortho intramolecular Hbond substituents is 1. The van der Waals surface area contributed by atoms with Crippen molar-refractivity contribution in [1.29, 1.82) is 0 Å². The maximum Gasteiger partial charge on any atom is 0.243 e. The number of sulfonamides is 1. The lowest BCUT2D eigenvalue weighted by atomic mass is 10.0. The number of hydrogen-bond acceptors (Lipinski definition) is 8. The standard InChI is InChI=1S/C32H37N5O6S2/c1-22(2)20-37(21-31(39)29(34-35-33)18-23-14-16-24(38)17-15-23)45(42,43)26-9-5-8-25(19-26)44(40,41)32-13-7-10-27-28(32)11-6-12-30(27)36(3)4/h5-17,19,22,29,31,38-39H,18,20-21H2,1-4H3/t29-,31?/m0/s1. The molecule has 13 heteroatoms. The second-order valence-corrected chi connectivity index (χ2v) is 15.3. The first-order valence-corrected chi connectivity index (χ1v) is 17.2. The summed E-state index contributed by atoms with van der Waals surface area (Å²) in [5.74, 6) is -0.0904. The topological polar surface area (TPSA) is 164 Å². The van der Waals surface area contributed by atoms with Gasteiger partial charge in [-0.3, -0.25) is 0 Å². The maximum atomic E-state index is 14.0. The van der Waals surface area contributed by atoms with Crippen LogP contribution in [-0.2, 0) is 26.3 Å². The highest BCUT2D eigenvalue weighted by Gasteiger charge is 2.32. The predicted molar refractivity (Wildman–Crippen MR) is 175 cm³/mol. The van der Waals surface area contributed by atoms with Crippen molar-refractivity contribution in [2.75, 3.05) is 32.1 Å². The Morgan fingerprint density at radius 2 is 1.47 bits per heavy atom. The SMILES string of the molecule is CC(C)CN(CC(O)[C@H](Cc1ccc(O)cc1)N=[N+]=[N-])S(=O)(=O)c1cccc(S(=O)(=O)c2cccc3c(N(C)C)cccc23)c1. The summed E-state index contributed by atoms with van der Waals surface area (Å²) in [5, 5.41) is 25.7. The van der Waals surface area contributed by atoms with E-state index in [0.717, 1.165) is 21.4 Å². The van der Waals surface area contributed by atoms with E-state index in [1.54, 1.807) is 30.3 Å². The number of anilines is 1. The van der Waals surface area contributed by atoms with Crippen LogP contribution in [0.3, 0.4) is 0 Å². The lowest BCUT2D eigenvalue weighted by Gasteiger charge is -2.28. The Hall–Kier alpha value is -4.13. The van der Waals surface area contributed by atoms with E-state index in [-0.39, 0.29) is 39.3 Å². The molecule has 0 saturated carbocycles. The van der Waals surface area contributed by atoms with Gasteiger partial charge in [0.05, 0.1) is 26.8 Å². The Labute approximate surface area is 264 Å². The van der Waals surface area contributed by atoms with Gasteiger partial charge in [-0.2, -0.15) is 4.31 Å². The van der Waals surface area contributed by atoms with Crippen LogP contribution < -0.4 is 4.90 Å². The summed E-state index contributed by atoms with van der Waals surface area (Å²) >= 11 is 0. The summed E-state index contributed by atoms with van der Waals surface area (Å²) in [5.41, 5.74) is 10.7. The molecule has 0 bridgehead atoms. The molecule has 2 atom stereocenters. The molecule has 0 radical (unpaired) electrons. The molecule has 238 valence electrons. The van der Waals surface area contributed by atoms with Crippen molar-refractivity contribution in [2.24, 2.45) is 11.0 Å². The number of aliphatic hydroxyl groups excluding tert-OH is 1. The summed E-state index contributed by atoms with van der Waals surface area (Å²) in [6, 6.07) is 20.8. The minimum atomic E-state index is -4.31. The molecule has 0 amide bonds. The predicted octanol–water partition coefficient (Wildman–Crippen LogP) is 5.37. The van der Waals surface area contributed by atoms with Gasteiger partial charge in [0.2, 0.25) is 19.9 Å². The van der Waals surface area contributed by atoms with Crippen LogP contribution in [0, 0.1) is 5.92 Å². The van der Waals surface area contributed by atoms with E-state index in [4.69, 9.17) is 5.53 Å². The van der Waals surface area contributed by atoms with Crippen molar-refractivity contribution in [3.63, 3.8) is 0 Å². The van der Waals surface area contributed by atoms with E-state index >= 15 is 0 Å². The molecular weight excluding hydrogens is 615 g/mol. The van der Waals surface area contributed by atoms with Crippen LogP contribution in [0.5, 0.6) is 5.75 Å². The Balaban J connectivity index is 1.70. The zero-order valence-electron chi connectivity index (χ0n) is 25.5. The van der Waals surface area contributed by atoms with Crippen molar-refractivity contribution < 1.29 is 27.0 Å². The summed E-state index contributed by atoms with van der Waals surface area (Å²) in [7, 11) is -4.72. The quantitative estimate of drug-likeness (QED) is 0.111. The van der Waals surface area contributed by atoms with Crippen LogP contribution in [0.1, 0.15) is 19.4 Å². The molecule has 2 N–H and O–H groups in total. The van der Waals surface area contributed by atoms with Gasteiger partial charge >= 0.3 is 0 Å². The minimum Gasteiger partial charge on any atom is -0.508 e. The largest absolute Gasteiger partial charge is 0.508 e. The van der Waals surface area contributed by atoms with Gasteiger partial charge in [-0.15, -0.1) is 0 Å². The highest BCUT2D eigenvalue weighted by atomic mass is 32.2. The average molecular weight is 652 g/mol. The number of nitrogens with zero attached hydrogens (tertiary/aromatic N) is 5. The third kappa shape index (κ3) is 7.58. The fourth-order valence-corrected chi connectivity index (χ4v) is 8.43. The fraction of sp³-hybridized carbons (Fsp3) is 0.312. The summed E-state index contributed by atoms with van der Waals surface area (Å²) < 4.78 is 57.0. The molecule has 0 spiro atoms. The highest BCUT2D eigenvalue weighted by Crippen LogP contribution is 2.34. The first-order chi connectivity index (χ1) is 21.2. The molecule has 0 aromatic heterocycles. The third-order valence-electron chi connectivity index (χ3n) is 7.37. The van der Waals surface area contributed by atoms with Crippen LogP contribution in [-0.4, -0.2) is 70.7 Å². The zero-order chi connectivity index (χ0) is 32.9. The first kappa shape index (κ1) is 33.8. The van der Waals surface area contributed by atoms with Crippen LogP contribution in [0.15, 0.2) is 105 Å². The van der Waals surface area contributed by atoms with E-state index in [2.05, 4.69) is 10.0 Å². The zero-order valence-corrected chi connectivity index (χ0v) is 27.1. The molecule has 4 rings (SSSR count). The van der Waals surface area contributed by atoms with Crippen molar-refractivity contribution in [3.05, 3.63) is 101 Å². The second-order valence-electron chi connectivity index (χ2n) is 11.4. The molecule has 0 aliphatic rings. The molecule has 45 heavy (non-hydrogen) atoms. The number of azide groups is 1. The van der Waals surface area contributed by atoms with E-state index in [1.165, 1.54) is 36.4 Å². The average Bonchev–Trinajstić information content (AvgIpc) is 3.00. The minimum absolute atomic E-state index is 0.0230. The fourth-order valence-electron chi connectivity index (χ4n) is 5.17. The van der Waals surface area contributed by atoms with Crippen molar-refractivity contribution in [3.8, 4) is 5.75 Å². The molecule has 0 aliphatic carbocycles. The van der Waals surface area contributed by atoms with Crippen LogP contribution in [0.4, 0.5) is 5.69 Å². The van der Waals surface area contributed by atoms with Gasteiger partial charge in [0.1, 0.15) is 5.75 Å². The molecule has 11 nitrogen and oxygen atoms in total. The number of benzene rings is 4. The number of sulfone groups is 1. The van der Waals surface area contributed by atoms with Gasteiger partial charge < -0.3 is 15.1 Å². The first-order valence-electron chi connectivity index (χ1n) is 14.3. The monoisotopic (exact) mass is 651 g/mol. The summed E-state index contributed by atoms with van der Waals surface area (Å²) in [6.07, 6.45) is -1.27. The number of rotatable bonds is 13. The van der Waals surface area contributed by atoms with Gasteiger partial charge in [-0.25, -0.2) is 16.8 Å². The molecular formula is C32H37N5O6S2. The van der Waals surface area contributed by atoms with Crippen LogP contribution in [0.25, 0.3) is 21.2 Å². The second kappa shape index (κ2) is 13.9. The van der Waals surface area contributed by atoms with Gasteiger partial charge in [0, 0.05) is 48.6 Å². The van der Waals surface area contributed by atoms with Gasteiger partial charge in [0.25, 0.3) is 0 Å². The molecule has 4 aromatic carbocycles. The Morgan fingerprint density at radius 1 is 0.844 bits per heavy atom. The number of aromatic hydroxyl groups is 1. The van der Waals surface area contributed by atoms with Crippen LogP contribution >= 0.6 is 0 Å². The van der Waals surface area contributed by atoms with Gasteiger partial charge in [-0.1, -0.05) is 61.4 Å². The van der Waals surface area contributed by atoms with Crippen LogP contribution in [0.2, 0.25) is 0 Å². The number of fused-ring (bicyclic) bond motifs is 1. The maximum absolute atomic E-state index is 14.0. The van der Waals surface area contributed by atoms with E-state index < -0.39 is 38.6 Å². The van der Waals surface area contributed by atoms with E-state index in [9.17, 15) is 27.0 Å². The summed E-state index contributed by atoms with van der Waals surface area (Å²) in [4.78, 5) is 4.36. The van der Waals surface area contributed by atoms with E-state index in [0.29, 0.717) is 10.9 Å². The highest BCUT2D eigenvalue weighted by molar-refractivity contribution is 7.92. The summed E-state index contributed by atoms with van der Waals surface area (Å²) in [6.45, 7) is 3.27. The van der Waals surface area contributed by atoms with Crippen molar-refractivity contribution >= 4 is 36.3 Å². The molecule has 0 saturated heterocycles. The normalized spacial score (nSPS) is 13.5. The van der Waals surface area contributed by atoms with Gasteiger partial charge in [0.15, 0.2) is 0 Å². The lowest BCUT2D eigenvalue weighted by molar-refractivity contribution is 0.116. The Bertz CT molecular complexity index is 1920. The number of phenols is 1. The molecule has 0 heterocycles. The molecule has 0 fully saturated rings. The number of hydrogen-bond donors (Lipinski definition) is 2. The Kier molecular flexibility index (Phi) is 10.4. The van der Waals surface area contributed by atoms with Gasteiger partial charge in [-0.05, 0) is 65.9 Å². The molecule has 0 aliphatic heterocycles. The Morgan fingerprint density at radius 3 is 2.11 bits per heavy atom. The molecule has 1 unspecified atom stereocenters. The van der Waals surface area contributed by atoms with E-state index in [1.807, 2.05) is 45.0 Å². The smallest absolute Gasteiger partial charge is 0.243 e.